The lowest BCUT2D eigenvalue weighted by Crippen LogP contribution is -1.93. The molecule has 0 saturated heterocycles. The van der Waals surface area contributed by atoms with E-state index in [-0.39, 0.29) is 0 Å². The standard InChI is InChI=1S/C52H30S2/c1-2-14-31(15-3-1)32-26-27-41(34-17-5-4-16-33(32)34)50-37-20-6-8-22-39(37)51(40-23-9-7-21-38(40)50)44-29-45-36-19-11-13-25-48(36)54-52(45)46-30-49-43(28-42(44)46)35-18-10-12-24-47(35)53-49/h1-30H. The fourth-order valence-electron chi connectivity index (χ4n) is 9.12. The number of fused-ring (bicyclic) bond motifs is 11. The lowest BCUT2D eigenvalue weighted by Gasteiger charge is -2.20. The van der Waals surface area contributed by atoms with Gasteiger partial charge in [-0.1, -0.05) is 152 Å². The van der Waals surface area contributed by atoms with Crippen LogP contribution in [-0.2, 0) is 0 Å². The molecule has 0 unspecified atom stereocenters. The van der Waals surface area contributed by atoms with Gasteiger partial charge in [0.15, 0.2) is 0 Å². The Labute approximate surface area is 319 Å². The zero-order valence-corrected chi connectivity index (χ0v) is 30.8. The third-order valence-electron chi connectivity index (χ3n) is 11.5. The number of rotatable bonds is 3. The molecular formula is C52H30S2. The first-order valence-electron chi connectivity index (χ1n) is 18.5. The first-order valence-corrected chi connectivity index (χ1v) is 20.1. The van der Waals surface area contributed by atoms with Crippen molar-refractivity contribution in [3.8, 4) is 33.4 Å². The van der Waals surface area contributed by atoms with Gasteiger partial charge in [-0.15, -0.1) is 22.7 Å². The van der Waals surface area contributed by atoms with Gasteiger partial charge in [-0.3, -0.25) is 0 Å². The van der Waals surface area contributed by atoms with Crippen LogP contribution in [0.2, 0.25) is 0 Å². The summed E-state index contributed by atoms with van der Waals surface area (Å²) in [5.41, 5.74) is 7.65. The van der Waals surface area contributed by atoms with E-state index in [1.807, 2.05) is 22.7 Å². The van der Waals surface area contributed by atoms with Gasteiger partial charge in [-0.2, -0.15) is 0 Å². The largest absolute Gasteiger partial charge is 0.135 e. The van der Waals surface area contributed by atoms with E-state index in [2.05, 4.69) is 182 Å². The summed E-state index contributed by atoms with van der Waals surface area (Å²) in [4.78, 5) is 0. The van der Waals surface area contributed by atoms with E-state index in [4.69, 9.17) is 0 Å². The minimum absolute atomic E-state index is 1.24. The maximum absolute atomic E-state index is 2.51. The molecule has 0 fully saturated rings. The van der Waals surface area contributed by atoms with E-state index < -0.39 is 0 Å². The second-order valence-corrected chi connectivity index (χ2v) is 16.4. The Hall–Kier alpha value is -6.32. The maximum atomic E-state index is 2.51. The van der Waals surface area contributed by atoms with E-state index in [0.29, 0.717) is 0 Å². The zero-order chi connectivity index (χ0) is 35.3. The lowest BCUT2D eigenvalue weighted by atomic mass is 9.82. The van der Waals surface area contributed by atoms with Crippen LogP contribution in [0.5, 0.6) is 0 Å². The van der Waals surface area contributed by atoms with Crippen LogP contribution in [-0.4, -0.2) is 0 Å². The zero-order valence-electron chi connectivity index (χ0n) is 29.1. The number of hydrogen-bond donors (Lipinski definition) is 0. The van der Waals surface area contributed by atoms with Crippen molar-refractivity contribution in [2.24, 2.45) is 0 Å². The molecule has 0 spiro atoms. The Kier molecular flexibility index (Phi) is 6.48. The summed E-state index contributed by atoms with van der Waals surface area (Å²) in [5, 5.41) is 15.6. The van der Waals surface area contributed by atoms with Crippen LogP contribution in [0.25, 0.3) is 117 Å². The predicted molar refractivity (Wildman–Crippen MR) is 239 cm³/mol. The summed E-state index contributed by atoms with van der Waals surface area (Å²) >= 11 is 3.83. The minimum atomic E-state index is 1.24. The fraction of sp³-hybridized carbons (Fsp3) is 0. The van der Waals surface area contributed by atoms with Crippen molar-refractivity contribution in [3.05, 3.63) is 182 Å². The van der Waals surface area contributed by atoms with Gasteiger partial charge in [0.1, 0.15) is 0 Å². The average Bonchev–Trinajstić information content (AvgIpc) is 3.80. The molecular weight excluding hydrogens is 689 g/mol. The Balaban J connectivity index is 1.24. The van der Waals surface area contributed by atoms with Crippen molar-refractivity contribution in [2.75, 3.05) is 0 Å². The highest BCUT2D eigenvalue weighted by Gasteiger charge is 2.22. The quantitative estimate of drug-likeness (QED) is 0.160. The Morgan fingerprint density at radius 3 is 1.35 bits per heavy atom. The maximum Gasteiger partial charge on any atom is 0.0434 e. The molecule has 10 aromatic carbocycles. The Bertz CT molecular complexity index is 3430. The molecule has 0 bridgehead atoms. The molecule has 0 aliphatic heterocycles. The molecule has 0 amide bonds. The van der Waals surface area contributed by atoms with Crippen LogP contribution in [0.4, 0.5) is 0 Å². The fourth-order valence-corrected chi connectivity index (χ4v) is 11.5. The summed E-state index contributed by atoms with van der Waals surface area (Å²) in [5.74, 6) is 0. The molecule has 2 heteroatoms. The van der Waals surface area contributed by atoms with Crippen molar-refractivity contribution in [2.45, 2.75) is 0 Å². The van der Waals surface area contributed by atoms with Crippen molar-refractivity contribution in [1.29, 1.82) is 0 Å². The number of benzene rings is 10. The topological polar surface area (TPSA) is 0 Å². The van der Waals surface area contributed by atoms with Gasteiger partial charge in [-0.25, -0.2) is 0 Å². The summed E-state index contributed by atoms with van der Waals surface area (Å²) in [6, 6.07) is 67.9. The third-order valence-corrected chi connectivity index (χ3v) is 13.8. The average molecular weight is 719 g/mol. The van der Waals surface area contributed by atoms with Gasteiger partial charge in [-0.05, 0) is 101 Å². The number of thiophene rings is 2. The summed E-state index contributed by atoms with van der Waals surface area (Å²) in [7, 11) is 0. The van der Waals surface area contributed by atoms with Crippen LogP contribution in [0.1, 0.15) is 0 Å². The Morgan fingerprint density at radius 2 is 0.704 bits per heavy atom. The van der Waals surface area contributed by atoms with Crippen LogP contribution in [0, 0.1) is 0 Å². The second-order valence-electron chi connectivity index (χ2n) is 14.3. The van der Waals surface area contributed by atoms with Gasteiger partial charge in [0, 0.05) is 45.7 Å². The van der Waals surface area contributed by atoms with Crippen molar-refractivity contribution < 1.29 is 0 Å². The van der Waals surface area contributed by atoms with Gasteiger partial charge in [0.25, 0.3) is 0 Å². The predicted octanol–water partition coefficient (Wildman–Crippen LogP) is 16.0. The summed E-state index contributed by atoms with van der Waals surface area (Å²) < 4.78 is 5.38. The van der Waals surface area contributed by atoms with Gasteiger partial charge in [0.05, 0.1) is 0 Å². The molecule has 12 aromatic rings. The molecule has 0 radical (unpaired) electrons. The smallest absolute Gasteiger partial charge is 0.0434 e. The highest BCUT2D eigenvalue weighted by molar-refractivity contribution is 7.27. The second kappa shape index (κ2) is 11.6. The van der Waals surface area contributed by atoms with Crippen molar-refractivity contribution >= 4 is 106 Å². The van der Waals surface area contributed by atoms with E-state index in [1.165, 1.54) is 117 Å². The molecule has 250 valence electrons. The van der Waals surface area contributed by atoms with E-state index in [1.54, 1.807) is 0 Å². The van der Waals surface area contributed by atoms with E-state index in [9.17, 15) is 0 Å². The van der Waals surface area contributed by atoms with Crippen molar-refractivity contribution in [3.63, 3.8) is 0 Å². The SMILES string of the molecule is c1ccc(-c2ccc(-c3c4ccccc4c(-c4cc5c6ccccc6sc5c5cc6sc7ccccc7c6cc45)c4ccccc34)c3ccccc23)cc1. The molecule has 0 atom stereocenters. The van der Waals surface area contributed by atoms with E-state index in [0.717, 1.165) is 0 Å². The Morgan fingerprint density at radius 1 is 0.241 bits per heavy atom. The van der Waals surface area contributed by atoms with E-state index >= 15 is 0 Å². The molecule has 0 aliphatic rings. The van der Waals surface area contributed by atoms with Crippen LogP contribution < -0.4 is 0 Å². The number of hydrogen-bond acceptors (Lipinski definition) is 2. The summed E-state index contributed by atoms with van der Waals surface area (Å²) in [6.07, 6.45) is 0. The van der Waals surface area contributed by atoms with Gasteiger partial charge >= 0.3 is 0 Å². The molecule has 2 heterocycles. The minimum Gasteiger partial charge on any atom is -0.135 e. The molecule has 12 rings (SSSR count). The first-order chi connectivity index (χ1) is 26.8. The van der Waals surface area contributed by atoms with Gasteiger partial charge < -0.3 is 0 Å². The molecule has 0 aliphatic carbocycles. The van der Waals surface area contributed by atoms with Crippen LogP contribution >= 0.6 is 22.7 Å². The molecule has 0 saturated carbocycles. The first kappa shape index (κ1) is 30.2. The highest BCUT2D eigenvalue weighted by atomic mass is 32.1. The van der Waals surface area contributed by atoms with Gasteiger partial charge in [0.2, 0.25) is 0 Å². The molecule has 0 N–H and O–H groups in total. The molecule has 2 aromatic heterocycles. The normalized spacial score (nSPS) is 12.1. The monoisotopic (exact) mass is 718 g/mol. The van der Waals surface area contributed by atoms with Crippen LogP contribution in [0.15, 0.2) is 182 Å². The lowest BCUT2D eigenvalue weighted by molar-refractivity contribution is 1.64. The highest BCUT2D eigenvalue weighted by Crippen LogP contribution is 2.51. The van der Waals surface area contributed by atoms with Crippen LogP contribution in [0.3, 0.4) is 0 Å². The third kappa shape index (κ3) is 4.30. The van der Waals surface area contributed by atoms with Crippen molar-refractivity contribution in [1.82, 2.24) is 0 Å². The molecule has 54 heavy (non-hydrogen) atoms. The summed E-state index contributed by atoms with van der Waals surface area (Å²) in [6.45, 7) is 0. The molecule has 0 nitrogen and oxygen atoms in total.